The third kappa shape index (κ3) is 2.71. The Bertz CT molecular complexity index is 1180. The van der Waals surface area contributed by atoms with Gasteiger partial charge in [-0.2, -0.15) is 5.26 Å². The molecule has 140 valence electrons. The first kappa shape index (κ1) is 17.8. The minimum atomic E-state index is -0.623. The number of aromatic amines is 1. The molecule has 3 aromatic rings. The van der Waals surface area contributed by atoms with Crippen molar-refractivity contribution in [1.29, 1.82) is 5.26 Å². The van der Waals surface area contributed by atoms with Crippen molar-refractivity contribution in [3.63, 3.8) is 0 Å². The normalized spacial score (nSPS) is 15.7. The zero-order chi connectivity index (χ0) is 20.0. The molecule has 3 heterocycles. The summed E-state index contributed by atoms with van der Waals surface area (Å²) in [5, 5.41) is 28.2. The first-order valence-electron chi connectivity index (χ1n) is 8.38. The van der Waals surface area contributed by atoms with Gasteiger partial charge in [0.2, 0.25) is 11.8 Å². The quantitative estimate of drug-likeness (QED) is 0.513. The van der Waals surface area contributed by atoms with E-state index in [1.807, 2.05) is 19.9 Å². The fourth-order valence-electron chi connectivity index (χ4n) is 3.48. The summed E-state index contributed by atoms with van der Waals surface area (Å²) in [6.07, 6.45) is 0. The van der Waals surface area contributed by atoms with Gasteiger partial charge < -0.3 is 10.5 Å². The zero-order valence-electron chi connectivity index (χ0n) is 15.0. The molecule has 1 aromatic carbocycles. The molecule has 8 nitrogen and oxygen atoms in total. The van der Waals surface area contributed by atoms with E-state index in [9.17, 15) is 15.4 Å². The number of non-ortho nitro benzene ring substituents is 1. The van der Waals surface area contributed by atoms with Crippen LogP contribution in [0.1, 0.15) is 26.8 Å². The average molecular weight is 393 g/mol. The van der Waals surface area contributed by atoms with Crippen molar-refractivity contribution in [3.8, 4) is 23.2 Å². The summed E-state index contributed by atoms with van der Waals surface area (Å²) in [6, 6.07) is 10.3. The number of thiophene rings is 1. The highest BCUT2D eigenvalue weighted by molar-refractivity contribution is 7.12. The van der Waals surface area contributed by atoms with Gasteiger partial charge in [-0.25, -0.2) is 0 Å². The smallest absolute Gasteiger partial charge is 0.269 e. The number of nitrogens with zero attached hydrogens (tertiary/aromatic N) is 3. The van der Waals surface area contributed by atoms with Gasteiger partial charge in [0.05, 0.1) is 22.1 Å². The van der Waals surface area contributed by atoms with Crippen LogP contribution in [0.2, 0.25) is 0 Å². The summed E-state index contributed by atoms with van der Waals surface area (Å²) >= 11 is 1.65. The predicted octanol–water partition coefficient (Wildman–Crippen LogP) is 3.88. The Labute approximate surface area is 164 Å². The molecule has 3 N–H and O–H groups in total. The van der Waals surface area contributed by atoms with Crippen molar-refractivity contribution >= 4 is 17.0 Å². The van der Waals surface area contributed by atoms with Crippen molar-refractivity contribution in [2.24, 2.45) is 5.73 Å². The van der Waals surface area contributed by atoms with E-state index < -0.39 is 10.8 Å². The molecular formula is C19H15N5O3S. The van der Waals surface area contributed by atoms with Crippen LogP contribution < -0.4 is 10.5 Å². The van der Waals surface area contributed by atoms with E-state index in [1.165, 1.54) is 12.1 Å². The average Bonchev–Trinajstić information content (AvgIpc) is 3.22. The largest absolute Gasteiger partial charge is 0.420 e. The number of allylic oxidation sites excluding steroid dienone is 1. The van der Waals surface area contributed by atoms with Crippen LogP contribution in [0.25, 0.3) is 11.3 Å². The Morgan fingerprint density at radius 2 is 2.18 bits per heavy atom. The second-order valence-electron chi connectivity index (χ2n) is 6.42. The summed E-state index contributed by atoms with van der Waals surface area (Å²) in [5.74, 6) is -0.406. The molecule has 1 aliphatic rings. The highest BCUT2D eigenvalue weighted by Crippen LogP contribution is 2.47. The van der Waals surface area contributed by atoms with E-state index >= 15 is 0 Å². The van der Waals surface area contributed by atoms with Crippen LogP contribution in [-0.4, -0.2) is 15.1 Å². The molecule has 1 unspecified atom stereocenters. The minimum absolute atomic E-state index is 0.0530. The molecule has 0 fully saturated rings. The van der Waals surface area contributed by atoms with Crippen LogP contribution in [0.4, 0.5) is 5.69 Å². The Hall–Kier alpha value is -3.64. The Morgan fingerprint density at radius 1 is 1.39 bits per heavy atom. The molecule has 0 saturated heterocycles. The van der Waals surface area contributed by atoms with Crippen molar-refractivity contribution in [3.05, 3.63) is 72.8 Å². The van der Waals surface area contributed by atoms with E-state index in [-0.39, 0.29) is 23.0 Å². The van der Waals surface area contributed by atoms with Crippen LogP contribution in [0.15, 0.2) is 41.8 Å². The van der Waals surface area contributed by atoms with Gasteiger partial charge in [0.15, 0.2) is 0 Å². The number of ether oxygens (including phenoxy) is 1. The third-order valence-electron chi connectivity index (χ3n) is 4.66. The Kier molecular flexibility index (Phi) is 4.13. The van der Waals surface area contributed by atoms with Gasteiger partial charge >= 0.3 is 0 Å². The predicted molar refractivity (Wildman–Crippen MR) is 104 cm³/mol. The Balaban J connectivity index is 1.97. The van der Waals surface area contributed by atoms with Gasteiger partial charge in [0.1, 0.15) is 11.6 Å². The standard InChI is InChI=1S/C19H15N5O3S/c1-9-6-13(10(2)28-9)17-16-15(11-4-3-5-12(7-11)24(25)26)14(8-20)18(21)27-19(16)23-22-17/h3-7,15H,21H2,1-2H3,(H,22,23). The maximum absolute atomic E-state index is 11.2. The molecule has 9 heteroatoms. The van der Waals surface area contributed by atoms with E-state index in [4.69, 9.17) is 10.5 Å². The number of rotatable bonds is 3. The van der Waals surface area contributed by atoms with Gasteiger partial charge in [-0.05, 0) is 25.5 Å². The number of nitro benzene ring substituents is 1. The molecule has 0 spiro atoms. The number of aromatic nitrogens is 2. The molecule has 0 aliphatic carbocycles. The second-order valence-corrected chi connectivity index (χ2v) is 7.88. The van der Waals surface area contributed by atoms with Crippen LogP contribution >= 0.6 is 11.3 Å². The first-order chi connectivity index (χ1) is 13.4. The fraction of sp³-hybridized carbons (Fsp3) is 0.158. The maximum atomic E-state index is 11.2. The molecule has 4 rings (SSSR count). The molecule has 1 atom stereocenters. The van der Waals surface area contributed by atoms with Gasteiger partial charge in [0.25, 0.3) is 5.69 Å². The number of hydrogen-bond acceptors (Lipinski definition) is 7. The number of nitriles is 1. The van der Waals surface area contributed by atoms with Crippen LogP contribution in [0.5, 0.6) is 5.88 Å². The lowest BCUT2D eigenvalue weighted by Gasteiger charge is -2.24. The number of hydrogen-bond donors (Lipinski definition) is 2. The minimum Gasteiger partial charge on any atom is -0.420 e. The molecule has 1 aliphatic heterocycles. The van der Waals surface area contributed by atoms with Gasteiger partial charge in [-0.15, -0.1) is 16.4 Å². The van der Waals surface area contributed by atoms with E-state index in [1.54, 1.807) is 23.5 Å². The molecule has 2 aromatic heterocycles. The lowest BCUT2D eigenvalue weighted by molar-refractivity contribution is -0.384. The number of aryl methyl sites for hydroxylation is 2. The van der Waals surface area contributed by atoms with Crippen molar-refractivity contribution in [2.75, 3.05) is 0 Å². The zero-order valence-corrected chi connectivity index (χ0v) is 15.8. The Morgan fingerprint density at radius 3 is 2.82 bits per heavy atom. The van der Waals surface area contributed by atoms with Crippen molar-refractivity contribution < 1.29 is 9.66 Å². The molecular weight excluding hydrogens is 378 g/mol. The van der Waals surface area contributed by atoms with Gasteiger partial charge in [0, 0.05) is 27.5 Å². The van der Waals surface area contributed by atoms with Crippen molar-refractivity contribution in [1.82, 2.24) is 10.2 Å². The molecule has 0 bridgehead atoms. The van der Waals surface area contributed by atoms with Crippen LogP contribution in [-0.2, 0) is 0 Å². The number of nitro groups is 1. The highest BCUT2D eigenvalue weighted by atomic mass is 32.1. The summed E-state index contributed by atoms with van der Waals surface area (Å²) < 4.78 is 5.58. The number of benzene rings is 1. The number of nitrogens with one attached hydrogen (secondary N) is 1. The fourth-order valence-corrected chi connectivity index (χ4v) is 4.41. The second kappa shape index (κ2) is 6.51. The summed E-state index contributed by atoms with van der Waals surface area (Å²) in [7, 11) is 0. The molecule has 28 heavy (non-hydrogen) atoms. The first-order valence-corrected chi connectivity index (χ1v) is 9.20. The third-order valence-corrected chi connectivity index (χ3v) is 5.63. The number of fused-ring (bicyclic) bond motifs is 1. The van der Waals surface area contributed by atoms with E-state index in [2.05, 4.69) is 16.3 Å². The topological polar surface area (TPSA) is 131 Å². The lowest BCUT2D eigenvalue weighted by Crippen LogP contribution is -2.21. The maximum Gasteiger partial charge on any atom is 0.269 e. The summed E-state index contributed by atoms with van der Waals surface area (Å²) in [6.45, 7) is 4.01. The van der Waals surface area contributed by atoms with Crippen LogP contribution in [0.3, 0.4) is 0 Å². The SMILES string of the molecule is Cc1cc(-c2[nH]nc3c2C(c2cccc([N+](=O)[O-])c2)C(C#N)=C(N)O3)c(C)s1. The van der Waals surface area contributed by atoms with Crippen LogP contribution in [0, 0.1) is 35.3 Å². The number of H-pyrrole nitrogens is 1. The summed E-state index contributed by atoms with van der Waals surface area (Å²) in [4.78, 5) is 13.0. The summed E-state index contributed by atoms with van der Waals surface area (Å²) in [5.41, 5.74) is 8.98. The lowest BCUT2D eigenvalue weighted by atomic mass is 9.83. The highest BCUT2D eigenvalue weighted by Gasteiger charge is 2.36. The van der Waals surface area contributed by atoms with Gasteiger partial charge in [-0.1, -0.05) is 12.1 Å². The van der Waals surface area contributed by atoms with E-state index in [0.29, 0.717) is 16.8 Å². The monoisotopic (exact) mass is 393 g/mol. The van der Waals surface area contributed by atoms with Gasteiger partial charge in [-0.3, -0.25) is 15.2 Å². The molecule has 0 amide bonds. The molecule has 0 saturated carbocycles. The molecule has 0 radical (unpaired) electrons. The van der Waals surface area contributed by atoms with E-state index in [0.717, 1.165) is 15.3 Å². The number of nitrogens with two attached hydrogens (primary N) is 1. The van der Waals surface area contributed by atoms with Crippen molar-refractivity contribution in [2.45, 2.75) is 19.8 Å².